The van der Waals surface area contributed by atoms with Crippen molar-refractivity contribution in [2.45, 2.75) is 11.4 Å². The van der Waals surface area contributed by atoms with Crippen LogP contribution in [-0.4, -0.2) is 43.8 Å². The summed E-state index contributed by atoms with van der Waals surface area (Å²) >= 11 is 5.91. The fraction of sp³-hybridized carbons (Fsp3) is 0.278. The maximum Gasteiger partial charge on any atom is 0.243 e. The van der Waals surface area contributed by atoms with E-state index in [-0.39, 0.29) is 4.90 Å². The van der Waals surface area contributed by atoms with Gasteiger partial charge in [-0.1, -0.05) is 29.8 Å². The zero-order valence-corrected chi connectivity index (χ0v) is 15.2. The topological polar surface area (TPSA) is 64.4 Å². The number of nitrogens with zero attached hydrogens (tertiary/aromatic N) is 3. The molecule has 0 unspecified atom stereocenters. The predicted octanol–water partition coefficient (Wildman–Crippen LogP) is 2.72. The summed E-state index contributed by atoms with van der Waals surface area (Å²) in [5, 5.41) is 9.25. The van der Waals surface area contributed by atoms with Crippen LogP contribution in [0.25, 0.3) is 0 Å². The summed E-state index contributed by atoms with van der Waals surface area (Å²) in [6, 6.07) is 16.0. The van der Waals surface area contributed by atoms with E-state index >= 15 is 0 Å². The lowest BCUT2D eigenvalue weighted by atomic mass is 10.1. The largest absolute Gasteiger partial charge is 0.296 e. The highest BCUT2D eigenvalue weighted by molar-refractivity contribution is 7.89. The van der Waals surface area contributed by atoms with Crippen LogP contribution in [0.1, 0.15) is 11.1 Å². The number of rotatable bonds is 4. The highest BCUT2D eigenvalue weighted by Gasteiger charge is 2.28. The molecule has 0 aromatic heterocycles. The Morgan fingerprint density at radius 1 is 1.04 bits per heavy atom. The van der Waals surface area contributed by atoms with Gasteiger partial charge in [-0.15, -0.1) is 0 Å². The fourth-order valence-corrected chi connectivity index (χ4v) is 4.57. The monoisotopic (exact) mass is 375 g/mol. The normalized spacial score (nSPS) is 16.5. The van der Waals surface area contributed by atoms with Crippen molar-refractivity contribution in [3.05, 3.63) is 64.7 Å². The van der Waals surface area contributed by atoms with Crippen LogP contribution in [-0.2, 0) is 16.6 Å². The van der Waals surface area contributed by atoms with Crippen LogP contribution in [0.5, 0.6) is 0 Å². The summed E-state index contributed by atoms with van der Waals surface area (Å²) in [7, 11) is -3.50. The maximum atomic E-state index is 12.7. The van der Waals surface area contributed by atoms with E-state index in [4.69, 9.17) is 16.9 Å². The van der Waals surface area contributed by atoms with Crippen LogP contribution < -0.4 is 0 Å². The van der Waals surface area contributed by atoms with Crippen molar-refractivity contribution in [2.24, 2.45) is 0 Å². The Labute approximate surface area is 153 Å². The standard InChI is InChI=1S/C18H18ClN3O2S/c19-17-2-1-3-18(12-17)25(23,24)22-10-8-21(9-11-22)14-16-6-4-15(13-20)5-7-16/h1-7,12H,8-11,14H2. The molecule has 0 N–H and O–H groups in total. The Morgan fingerprint density at radius 3 is 2.32 bits per heavy atom. The summed E-state index contributed by atoms with van der Waals surface area (Å²) < 4.78 is 26.9. The number of hydrogen-bond acceptors (Lipinski definition) is 4. The van der Waals surface area contributed by atoms with Gasteiger partial charge in [-0.25, -0.2) is 8.42 Å². The van der Waals surface area contributed by atoms with Crippen molar-refractivity contribution in [1.29, 1.82) is 5.26 Å². The summed E-state index contributed by atoms with van der Waals surface area (Å²) in [5.41, 5.74) is 1.76. The van der Waals surface area contributed by atoms with Gasteiger partial charge < -0.3 is 0 Å². The summed E-state index contributed by atoms with van der Waals surface area (Å²) in [6.45, 7) is 2.98. The second-order valence-electron chi connectivity index (χ2n) is 5.95. The van der Waals surface area contributed by atoms with Crippen molar-refractivity contribution >= 4 is 21.6 Å². The van der Waals surface area contributed by atoms with Crippen LogP contribution in [0.3, 0.4) is 0 Å². The van der Waals surface area contributed by atoms with E-state index in [0.29, 0.717) is 36.8 Å². The molecule has 2 aromatic carbocycles. The molecule has 1 fully saturated rings. The van der Waals surface area contributed by atoms with Crippen LogP contribution in [0.2, 0.25) is 5.02 Å². The summed E-state index contributed by atoms with van der Waals surface area (Å²) in [4.78, 5) is 2.45. The molecule has 0 saturated carbocycles. The third-order valence-corrected chi connectivity index (χ3v) is 6.38. The van der Waals surface area contributed by atoms with Gasteiger partial charge in [0.25, 0.3) is 0 Å². The number of nitriles is 1. The molecule has 1 aliphatic rings. The smallest absolute Gasteiger partial charge is 0.243 e. The van der Waals surface area contributed by atoms with E-state index in [2.05, 4.69) is 11.0 Å². The van der Waals surface area contributed by atoms with E-state index in [0.717, 1.165) is 12.1 Å². The molecular weight excluding hydrogens is 358 g/mol. The number of benzene rings is 2. The summed E-state index contributed by atoms with van der Waals surface area (Å²) in [5.74, 6) is 0. The maximum absolute atomic E-state index is 12.7. The van der Waals surface area contributed by atoms with Gasteiger partial charge in [0.1, 0.15) is 0 Å². The molecule has 2 aromatic rings. The molecule has 0 amide bonds. The van der Waals surface area contributed by atoms with E-state index in [9.17, 15) is 8.42 Å². The Balaban J connectivity index is 1.62. The molecule has 7 heteroatoms. The Morgan fingerprint density at radius 2 is 1.72 bits per heavy atom. The molecule has 130 valence electrons. The molecule has 3 rings (SSSR count). The molecule has 0 spiro atoms. The highest BCUT2D eigenvalue weighted by Crippen LogP contribution is 2.21. The molecule has 0 bridgehead atoms. The van der Waals surface area contributed by atoms with E-state index in [1.165, 1.54) is 10.4 Å². The third-order valence-electron chi connectivity index (χ3n) is 4.25. The zero-order chi connectivity index (χ0) is 17.9. The molecule has 1 saturated heterocycles. The first-order valence-corrected chi connectivity index (χ1v) is 9.78. The lowest BCUT2D eigenvalue weighted by Gasteiger charge is -2.34. The minimum atomic E-state index is -3.50. The number of halogens is 1. The quantitative estimate of drug-likeness (QED) is 0.824. The first-order chi connectivity index (χ1) is 12.0. The van der Waals surface area contributed by atoms with Crippen molar-refractivity contribution in [1.82, 2.24) is 9.21 Å². The number of piperazine rings is 1. The third kappa shape index (κ3) is 4.20. The van der Waals surface area contributed by atoms with Gasteiger partial charge >= 0.3 is 0 Å². The fourth-order valence-electron chi connectivity index (χ4n) is 2.85. The van der Waals surface area contributed by atoms with Crippen molar-refractivity contribution < 1.29 is 8.42 Å². The lowest BCUT2D eigenvalue weighted by molar-refractivity contribution is 0.181. The zero-order valence-electron chi connectivity index (χ0n) is 13.6. The average molecular weight is 376 g/mol. The van der Waals surface area contributed by atoms with E-state index < -0.39 is 10.0 Å². The van der Waals surface area contributed by atoms with E-state index in [1.807, 2.05) is 12.1 Å². The molecule has 1 aliphatic heterocycles. The van der Waals surface area contributed by atoms with Gasteiger partial charge in [0.2, 0.25) is 10.0 Å². The lowest BCUT2D eigenvalue weighted by Crippen LogP contribution is -2.48. The Hall–Kier alpha value is -1.91. The molecule has 0 atom stereocenters. The minimum absolute atomic E-state index is 0.237. The van der Waals surface area contributed by atoms with Crippen LogP contribution in [0, 0.1) is 11.3 Å². The van der Waals surface area contributed by atoms with Crippen molar-refractivity contribution in [3.8, 4) is 6.07 Å². The average Bonchev–Trinajstić information content (AvgIpc) is 2.63. The summed E-state index contributed by atoms with van der Waals surface area (Å²) in [6.07, 6.45) is 0. The van der Waals surface area contributed by atoms with E-state index in [1.54, 1.807) is 30.3 Å². The van der Waals surface area contributed by atoms with Crippen LogP contribution >= 0.6 is 11.6 Å². The van der Waals surface area contributed by atoms with Gasteiger partial charge in [0, 0.05) is 37.7 Å². The second-order valence-corrected chi connectivity index (χ2v) is 8.32. The molecule has 0 aliphatic carbocycles. The highest BCUT2D eigenvalue weighted by atomic mass is 35.5. The predicted molar refractivity (Wildman–Crippen MR) is 96.6 cm³/mol. The molecule has 25 heavy (non-hydrogen) atoms. The van der Waals surface area contributed by atoms with Crippen molar-refractivity contribution in [3.63, 3.8) is 0 Å². The molecule has 5 nitrogen and oxygen atoms in total. The molecular formula is C18H18ClN3O2S. The molecule has 0 radical (unpaired) electrons. The SMILES string of the molecule is N#Cc1ccc(CN2CCN(S(=O)(=O)c3cccc(Cl)c3)CC2)cc1. The van der Waals surface area contributed by atoms with Crippen molar-refractivity contribution in [2.75, 3.05) is 26.2 Å². The van der Waals surface area contributed by atoms with Crippen LogP contribution in [0.15, 0.2) is 53.4 Å². The van der Waals surface area contributed by atoms with Gasteiger partial charge in [0.15, 0.2) is 0 Å². The van der Waals surface area contributed by atoms with Crippen LogP contribution in [0.4, 0.5) is 0 Å². The number of sulfonamides is 1. The molecule has 1 heterocycles. The van der Waals surface area contributed by atoms with Gasteiger partial charge in [-0.05, 0) is 35.9 Å². The first kappa shape index (κ1) is 17.9. The van der Waals surface area contributed by atoms with Gasteiger partial charge in [-0.3, -0.25) is 4.90 Å². The van der Waals surface area contributed by atoms with Gasteiger partial charge in [-0.2, -0.15) is 9.57 Å². The number of hydrogen-bond donors (Lipinski definition) is 0. The Bertz CT molecular complexity index is 883. The second kappa shape index (κ2) is 7.54. The minimum Gasteiger partial charge on any atom is -0.296 e. The first-order valence-electron chi connectivity index (χ1n) is 7.96. The van der Waals surface area contributed by atoms with Gasteiger partial charge in [0.05, 0.1) is 16.5 Å². The Kier molecular flexibility index (Phi) is 5.40.